The van der Waals surface area contributed by atoms with Crippen LogP contribution in [0.5, 0.6) is 0 Å². The molecule has 110 valence electrons. The van der Waals surface area contributed by atoms with Crippen LogP contribution in [0.15, 0.2) is 24.3 Å². The number of nitrogens with one attached hydrogen (secondary N) is 1. The second-order valence-corrected chi connectivity index (χ2v) is 7.49. The predicted molar refractivity (Wildman–Crippen MR) is 89.1 cm³/mol. The molecule has 1 aromatic carbocycles. The molecule has 1 aromatic rings. The molecule has 0 aliphatic rings. The molecule has 4 heteroatoms. The van der Waals surface area contributed by atoms with E-state index in [-0.39, 0.29) is 0 Å². The van der Waals surface area contributed by atoms with Crippen LogP contribution >= 0.6 is 23.4 Å². The van der Waals surface area contributed by atoms with Gasteiger partial charge in [-0.05, 0) is 38.8 Å². The second-order valence-electron chi connectivity index (χ2n) is 5.66. The van der Waals surface area contributed by atoms with Gasteiger partial charge in [-0.15, -0.1) is 0 Å². The fourth-order valence-corrected chi connectivity index (χ4v) is 3.70. The van der Waals surface area contributed by atoms with Gasteiger partial charge < -0.3 is 0 Å². The summed E-state index contributed by atoms with van der Waals surface area (Å²) in [5.74, 6) is 0.879. The Kier molecular flexibility index (Phi) is 6.88. The minimum Gasteiger partial charge on any atom is -0.297 e. The molecule has 2 unspecified atom stereocenters. The molecular formula is C16H23ClN2S. The topological polar surface area (TPSA) is 35.8 Å². The number of thioether (sulfide) groups is 1. The minimum absolute atomic E-state index is 0.306. The van der Waals surface area contributed by atoms with Crippen LogP contribution in [0.2, 0.25) is 5.02 Å². The number of nitriles is 1. The number of nitrogens with zero attached hydrogens (tertiary/aromatic N) is 1. The van der Waals surface area contributed by atoms with E-state index in [1.807, 2.05) is 36.9 Å². The van der Waals surface area contributed by atoms with Crippen LogP contribution in [0.4, 0.5) is 0 Å². The molecule has 1 rings (SSSR count). The van der Waals surface area contributed by atoms with E-state index < -0.39 is 5.54 Å². The Labute approximate surface area is 131 Å². The maximum absolute atomic E-state index is 9.37. The molecule has 0 fully saturated rings. The summed E-state index contributed by atoms with van der Waals surface area (Å²) in [6.45, 7) is 8.27. The fourth-order valence-electron chi connectivity index (χ4n) is 2.26. The lowest BCUT2D eigenvalue weighted by Gasteiger charge is -2.28. The van der Waals surface area contributed by atoms with E-state index in [4.69, 9.17) is 11.6 Å². The van der Waals surface area contributed by atoms with Gasteiger partial charge in [0.25, 0.3) is 0 Å². The van der Waals surface area contributed by atoms with E-state index in [0.29, 0.717) is 11.3 Å². The molecule has 0 bridgehead atoms. The highest BCUT2D eigenvalue weighted by atomic mass is 35.5. The second kappa shape index (κ2) is 7.93. The Hall–Kier alpha value is -0.690. The van der Waals surface area contributed by atoms with Crippen molar-refractivity contribution in [1.82, 2.24) is 5.32 Å². The molecule has 0 amide bonds. The van der Waals surface area contributed by atoms with Crippen molar-refractivity contribution in [2.24, 2.45) is 0 Å². The van der Waals surface area contributed by atoms with Crippen LogP contribution in [0.3, 0.4) is 0 Å². The summed E-state index contributed by atoms with van der Waals surface area (Å²) in [5.41, 5.74) is 0.683. The molecule has 1 N–H and O–H groups in total. The lowest BCUT2D eigenvalue weighted by molar-refractivity contribution is 0.382. The van der Waals surface area contributed by atoms with Crippen LogP contribution < -0.4 is 5.32 Å². The highest BCUT2D eigenvalue weighted by molar-refractivity contribution is 7.99. The first-order valence-electron chi connectivity index (χ1n) is 6.90. The first kappa shape index (κ1) is 17.4. The minimum atomic E-state index is -0.471. The zero-order chi connectivity index (χ0) is 15.2. The van der Waals surface area contributed by atoms with Crippen molar-refractivity contribution in [1.29, 1.82) is 5.26 Å². The monoisotopic (exact) mass is 310 g/mol. The van der Waals surface area contributed by atoms with E-state index in [1.54, 1.807) is 0 Å². The normalized spacial score (nSPS) is 15.7. The Morgan fingerprint density at radius 1 is 1.35 bits per heavy atom. The Morgan fingerprint density at radius 3 is 2.55 bits per heavy atom. The van der Waals surface area contributed by atoms with Crippen LogP contribution in [0.25, 0.3) is 0 Å². The lowest BCUT2D eigenvalue weighted by Crippen LogP contribution is -2.46. The maximum atomic E-state index is 9.37. The summed E-state index contributed by atoms with van der Waals surface area (Å²) < 4.78 is 0. The Balaban J connectivity index is 2.53. The summed E-state index contributed by atoms with van der Waals surface area (Å²) in [5, 5.41) is 13.9. The standard InChI is InChI=1S/C16H23ClN2S/c1-12(2)19-16(4,11-18)9-13(3)20-10-14-7-5-6-8-15(14)17/h5-8,12-13,19H,9-10H2,1-4H3. The summed E-state index contributed by atoms with van der Waals surface area (Å²) in [6.07, 6.45) is 0.816. The van der Waals surface area contributed by atoms with Crippen molar-refractivity contribution >= 4 is 23.4 Å². The van der Waals surface area contributed by atoms with Gasteiger partial charge in [0.1, 0.15) is 5.54 Å². The van der Waals surface area contributed by atoms with E-state index in [2.05, 4.69) is 38.2 Å². The smallest absolute Gasteiger partial charge is 0.105 e. The summed E-state index contributed by atoms with van der Waals surface area (Å²) >= 11 is 8.00. The van der Waals surface area contributed by atoms with Gasteiger partial charge >= 0.3 is 0 Å². The molecule has 0 aliphatic heterocycles. The van der Waals surface area contributed by atoms with Crippen molar-refractivity contribution in [2.45, 2.75) is 56.7 Å². The molecule has 2 nitrogen and oxygen atoms in total. The van der Waals surface area contributed by atoms with Crippen LogP contribution in [-0.4, -0.2) is 16.8 Å². The summed E-state index contributed by atoms with van der Waals surface area (Å²) in [7, 11) is 0. The molecule has 20 heavy (non-hydrogen) atoms. The van der Waals surface area contributed by atoms with E-state index in [0.717, 1.165) is 22.8 Å². The van der Waals surface area contributed by atoms with Gasteiger partial charge in [-0.3, -0.25) is 5.32 Å². The molecular weight excluding hydrogens is 288 g/mol. The summed E-state index contributed by atoms with van der Waals surface area (Å²) in [6, 6.07) is 10.6. The zero-order valence-electron chi connectivity index (χ0n) is 12.6. The SMILES string of the molecule is CC(C)NC(C)(C#N)CC(C)SCc1ccccc1Cl. The van der Waals surface area contributed by atoms with E-state index >= 15 is 0 Å². The molecule has 0 heterocycles. The predicted octanol–water partition coefficient (Wildman–Crippen LogP) is 4.63. The third kappa shape index (κ3) is 5.75. The largest absolute Gasteiger partial charge is 0.297 e. The van der Waals surface area contributed by atoms with E-state index in [1.165, 1.54) is 0 Å². The Morgan fingerprint density at radius 2 is 2.00 bits per heavy atom. The third-order valence-electron chi connectivity index (χ3n) is 3.03. The fraction of sp³-hybridized carbons (Fsp3) is 0.562. The first-order valence-corrected chi connectivity index (χ1v) is 8.33. The average molecular weight is 311 g/mol. The number of hydrogen-bond donors (Lipinski definition) is 1. The van der Waals surface area contributed by atoms with Crippen molar-refractivity contribution in [3.05, 3.63) is 34.9 Å². The van der Waals surface area contributed by atoms with Crippen molar-refractivity contribution in [3.63, 3.8) is 0 Å². The molecule has 0 saturated heterocycles. The van der Waals surface area contributed by atoms with Gasteiger partial charge in [-0.25, -0.2) is 0 Å². The van der Waals surface area contributed by atoms with Crippen LogP contribution in [0.1, 0.15) is 39.7 Å². The van der Waals surface area contributed by atoms with Crippen molar-refractivity contribution in [3.8, 4) is 6.07 Å². The molecule has 0 saturated carbocycles. The van der Waals surface area contributed by atoms with Gasteiger partial charge in [-0.2, -0.15) is 17.0 Å². The molecule has 2 atom stereocenters. The van der Waals surface area contributed by atoms with Crippen LogP contribution in [0, 0.1) is 11.3 Å². The third-order valence-corrected chi connectivity index (χ3v) is 4.61. The van der Waals surface area contributed by atoms with Crippen molar-refractivity contribution in [2.75, 3.05) is 0 Å². The van der Waals surface area contributed by atoms with Gasteiger partial charge in [0.2, 0.25) is 0 Å². The highest BCUT2D eigenvalue weighted by Gasteiger charge is 2.27. The van der Waals surface area contributed by atoms with Gasteiger partial charge in [0.15, 0.2) is 0 Å². The van der Waals surface area contributed by atoms with Gasteiger partial charge in [-0.1, -0.05) is 36.7 Å². The van der Waals surface area contributed by atoms with Crippen LogP contribution in [-0.2, 0) is 5.75 Å². The highest BCUT2D eigenvalue weighted by Crippen LogP contribution is 2.27. The van der Waals surface area contributed by atoms with E-state index in [9.17, 15) is 5.26 Å². The van der Waals surface area contributed by atoms with Gasteiger partial charge in [0, 0.05) is 22.1 Å². The van der Waals surface area contributed by atoms with Gasteiger partial charge in [0.05, 0.1) is 6.07 Å². The molecule has 0 aliphatic carbocycles. The number of rotatable bonds is 7. The lowest BCUT2D eigenvalue weighted by atomic mass is 9.97. The average Bonchev–Trinajstić information content (AvgIpc) is 2.36. The van der Waals surface area contributed by atoms with Crippen molar-refractivity contribution < 1.29 is 0 Å². The molecule has 0 spiro atoms. The molecule has 0 aromatic heterocycles. The quantitative estimate of drug-likeness (QED) is 0.797. The number of halogens is 1. The summed E-state index contributed by atoms with van der Waals surface area (Å²) in [4.78, 5) is 0. The Bertz CT molecular complexity index is 470. The number of benzene rings is 1. The maximum Gasteiger partial charge on any atom is 0.105 e. The first-order chi connectivity index (χ1) is 9.36. The number of hydrogen-bond acceptors (Lipinski definition) is 3. The zero-order valence-corrected chi connectivity index (χ0v) is 14.2. The molecule has 0 radical (unpaired) electrons.